The Bertz CT molecular complexity index is 1150. The lowest BCUT2D eigenvalue weighted by Crippen LogP contribution is -2.49. The summed E-state index contributed by atoms with van der Waals surface area (Å²) in [6.45, 7) is 6.63. The maximum Gasteiger partial charge on any atom is 0.415 e. The van der Waals surface area contributed by atoms with Crippen molar-refractivity contribution in [2.75, 3.05) is 41.8 Å². The Morgan fingerprint density at radius 1 is 0.972 bits per heavy atom. The number of carbonyl (C=O) groups is 2. The molecule has 0 aliphatic heterocycles. The number of para-hydroxylation sites is 1. The minimum Gasteiger partial charge on any atom is -0.467 e. The second-order valence-electron chi connectivity index (χ2n) is 9.33. The molecule has 9 heteroatoms. The molecule has 1 atom stereocenters. The van der Waals surface area contributed by atoms with Crippen molar-refractivity contribution in [2.45, 2.75) is 38.8 Å². The summed E-state index contributed by atoms with van der Waals surface area (Å²) in [7, 11) is 1.32. The highest BCUT2D eigenvalue weighted by Crippen LogP contribution is 2.28. The second kappa shape index (κ2) is 12.4. The molecule has 0 spiro atoms. The number of nitrogens with zero attached hydrogens (tertiary/aromatic N) is 2. The number of aromatic amines is 1. The van der Waals surface area contributed by atoms with Crippen molar-refractivity contribution in [1.29, 1.82) is 0 Å². The highest BCUT2D eigenvalue weighted by Gasteiger charge is 2.36. The number of H-pyrrole nitrogens is 1. The van der Waals surface area contributed by atoms with Crippen molar-refractivity contribution in [3.63, 3.8) is 0 Å². The van der Waals surface area contributed by atoms with Crippen molar-refractivity contribution in [3.8, 4) is 0 Å². The topological polar surface area (TPSA) is 74.9 Å². The summed E-state index contributed by atoms with van der Waals surface area (Å²) in [6.07, 6.45) is 1.46. The van der Waals surface area contributed by atoms with E-state index in [1.165, 1.54) is 12.0 Å². The van der Waals surface area contributed by atoms with Crippen LogP contribution in [0, 0.1) is 0 Å². The van der Waals surface area contributed by atoms with Gasteiger partial charge < -0.3 is 19.4 Å². The number of halogens is 2. The molecular weight excluding hydrogens is 501 g/mol. The first-order valence-electron chi connectivity index (χ1n) is 11.8. The van der Waals surface area contributed by atoms with Crippen LogP contribution in [-0.2, 0) is 20.7 Å². The van der Waals surface area contributed by atoms with E-state index in [1.54, 1.807) is 32.9 Å². The fourth-order valence-electron chi connectivity index (χ4n) is 4.05. The number of ether oxygens (including phenoxy) is 2. The third kappa shape index (κ3) is 6.86. The smallest absolute Gasteiger partial charge is 0.415 e. The lowest BCUT2D eigenvalue weighted by molar-refractivity contribution is -0.142. The SMILES string of the molecule is COC(=O)[C@H](Cc1c[nH]c2ccccc12)N(C(=O)OC(C)(C)C)c1ccc(N(CCCl)CCCl)cc1. The molecular formula is C27H33Cl2N3O4. The number of aromatic nitrogens is 1. The van der Waals surface area contributed by atoms with Gasteiger partial charge >= 0.3 is 12.1 Å². The lowest BCUT2D eigenvalue weighted by atomic mass is 10.0. The Morgan fingerprint density at radius 2 is 1.58 bits per heavy atom. The van der Waals surface area contributed by atoms with Crippen LogP contribution in [0.2, 0.25) is 0 Å². The van der Waals surface area contributed by atoms with Crippen LogP contribution >= 0.6 is 23.2 Å². The van der Waals surface area contributed by atoms with Gasteiger partial charge in [-0.3, -0.25) is 4.90 Å². The van der Waals surface area contributed by atoms with E-state index in [0.717, 1.165) is 22.2 Å². The zero-order valence-corrected chi connectivity index (χ0v) is 22.6. The minimum absolute atomic E-state index is 0.238. The van der Waals surface area contributed by atoms with E-state index in [4.69, 9.17) is 32.7 Å². The first kappa shape index (κ1) is 27.7. The number of nitrogens with one attached hydrogen (secondary N) is 1. The molecule has 0 fully saturated rings. The lowest BCUT2D eigenvalue weighted by Gasteiger charge is -2.32. The van der Waals surface area contributed by atoms with Gasteiger partial charge in [-0.25, -0.2) is 9.59 Å². The van der Waals surface area contributed by atoms with Crippen molar-refractivity contribution in [1.82, 2.24) is 4.98 Å². The van der Waals surface area contributed by atoms with E-state index in [1.807, 2.05) is 42.6 Å². The second-order valence-corrected chi connectivity index (χ2v) is 10.1. The first-order valence-corrected chi connectivity index (χ1v) is 12.9. The number of anilines is 2. The number of esters is 1. The highest BCUT2D eigenvalue weighted by atomic mass is 35.5. The summed E-state index contributed by atoms with van der Waals surface area (Å²) in [5.74, 6) is 0.371. The van der Waals surface area contributed by atoms with Gasteiger partial charge in [0.05, 0.1) is 7.11 Å². The number of hydrogen-bond donors (Lipinski definition) is 1. The van der Waals surface area contributed by atoms with Crippen LogP contribution in [0.1, 0.15) is 26.3 Å². The zero-order chi connectivity index (χ0) is 26.3. The van der Waals surface area contributed by atoms with Crippen LogP contribution in [0.4, 0.5) is 16.2 Å². The molecule has 0 unspecified atom stereocenters. The average Bonchev–Trinajstić information content (AvgIpc) is 3.25. The molecule has 0 saturated carbocycles. The van der Waals surface area contributed by atoms with Gasteiger partial charge in [0, 0.05) is 59.7 Å². The summed E-state index contributed by atoms with van der Waals surface area (Å²) in [5, 5.41) is 0.976. The molecule has 1 amide bonds. The predicted molar refractivity (Wildman–Crippen MR) is 147 cm³/mol. The predicted octanol–water partition coefficient (Wildman–Crippen LogP) is 5.98. The quantitative estimate of drug-likeness (QED) is 0.256. The number of carbonyl (C=O) groups excluding carboxylic acids is 2. The van der Waals surface area contributed by atoms with Gasteiger partial charge in [-0.2, -0.15) is 0 Å². The third-order valence-electron chi connectivity index (χ3n) is 5.67. The number of methoxy groups -OCH3 is 1. The van der Waals surface area contributed by atoms with Gasteiger partial charge in [-0.1, -0.05) is 18.2 Å². The van der Waals surface area contributed by atoms with Crippen LogP contribution in [-0.4, -0.2) is 60.6 Å². The van der Waals surface area contributed by atoms with Gasteiger partial charge in [0.1, 0.15) is 11.6 Å². The molecule has 3 rings (SSSR count). The molecule has 1 heterocycles. The molecule has 0 bridgehead atoms. The largest absolute Gasteiger partial charge is 0.467 e. The number of amides is 1. The summed E-state index contributed by atoms with van der Waals surface area (Å²) in [5.41, 5.74) is 2.51. The van der Waals surface area contributed by atoms with Crippen molar-refractivity contribution < 1.29 is 19.1 Å². The van der Waals surface area contributed by atoms with Gasteiger partial charge in [-0.15, -0.1) is 23.2 Å². The Hall–Kier alpha value is -2.90. The highest BCUT2D eigenvalue weighted by molar-refractivity contribution is 6.18. The summed E-state index contributed by atoms with van der Waals surface area (Å²) in [6, 6.07) is 14.2. The molecule has 3 aromatic rings. The number of fused-ring (bicyclic) bond motifs is 1. The van der Waals surface area contributed by atoms with Gasteiger partial charge in [0.25, 0.3) is 0 Å². The maximum atomic E-state index is 13.5. The van der Waals surface area contributed by atoms with E-state index in [9.17, 15) is 9.59 Å². The number of alkyl halides is 2. The van der Waals surface area contributed by atoms with Crippen molar-refractivity contribution in [3.05, 3.63) is 60.3 Å². The molecule has 36 heavy (non-hydrogen) atoms. The fourth-order valence-corrected chi connectivity index (χ4v) is 4.45. The van der Waals surface area contributed by atoms with Crippen LogP contribution in [0.25, 0.3) is 10.9 Å². The Balaban J connectivity index is 2.03. The average molecular weight is 534 g/mol. The fraction of sp³-hybridized carbons (Fsp3) is 0.407. The number of benzene rings is 2. The zero-order valence-electron chi connectivity index (χ0n) is 21.1. The molecule has 7 nitrogen and oxygen atoms in total. The van der Waals surface area contributed by atoms with Crippen LogP contribution < -0.4 is 9.80 Å². The van der Waals surface area contributed by atoms with Gasteiger partial charge in [0.2, 0.25) is 0 Å². The molecule has 194 valence electrons. The molecule has 0 saturated heterocycles. The monoisotopic (exact) mass is 533 g/mol. The Morgan fingerprint density at radius 3 is 2.17 bits per heavy atom. The third-order valence-corrected chi connectivity index (χ3v) is 6.00. The minimum atomic E-state index is -0.948. The van der Waals surface area contributed by atoms with Crippen molar-refractivity contribution >= 4 is 57.5 Å². The molecule has 0 aliphatic carbocycles. The standard InChI is InChI=1S/C27H33Cl2N3O4/c1-27(2,3)36-26(34)32(21-11-9-20(10-12-21)31(15-13-28)16-14-29)24(25(33)35-4)17-19-18-30-23-8-6-5-7-22(19)23/h5-12,18,24,30H,13-17H2,1-4H3/t24-/m0/s1. The van der Waals surface area contributed by atoms with Gasteiger partial charge in [0.15, 0.2) is 0 Å². The van der Waals surface area contributed by atoms with E-state index < -0.39 is 23.7 Å². The Labute approximate surface area is 222 Å². The normalized spacial score (nSPS) is 12.3. The van der Waals surface area contributed by atoms with E-state index >= 15 is 0 Å². The first-order chi connectivity index (χ1) is 17.2. The number of hydrogen-bond acceptors (Lipinski definition) is 5. The maximum absolute atomic E-state index is 13.5. The number of rotatable bonds is 10. The molecule has 2 aromatic carbocycles. The van der Waals surface area contributed by atoms with E-state index in [2.05, 4.69) is 9.88 Å². The van der Waals surface area contributed by atoms with E-state index in [0.29, 0.717) is 30.5 Å². The Kier molecular flexibility index (Phi) is 9.51. The summed E-state index contributed by atoms with van der Waals surface area (Å²) >= 11 is 11.9. The molecule has 1 N–H and O–H groups in total. The van der Waals surface area contributed by atoms with Crippen LogP contribution in [0.3, 0.4) is 0 Å². The molecule has 1 aromatic heterocycles. The van der Waals surface area contributed by atoms with Gasteiger partial charge in [-0.05, 0) is 56.7 Å². The van der Waals surface area contributed by atoms with Crippen LogP contribution in [0.5, 0.6) is 0 Å². The summed E-state index contributed by atoms with van der Waals surface area (Å²) in [4.78, 5) is 33.2. The van der Waals surface area contributed by atoms with E-state index in [-0.39, 0.29) is 6.42 Å². The summed E-state index contributed by atoms with van der Waals surface area (Å²) < 4.78 is 10.9. The van der Waals surface area contributed by atoms with Crippen molar-refractivity contribution in [2.24, 2.45) is 0 Å². The van der Waals surface area contributed by atoms with Crippen LogP contribution in [0.15, 0.2) is 54.7 Å². The molecule has 0 aliphatic rings. The molecule has 0 radical (unpaired) electrons.